The molecule has 1 saturated heterocycles. The fraction of sp³-hybridized carbons (Fsp3) is 0.545. The molecule has 3 aromatic rings. The molecule has 4 rings (SSSR count). The Morgan fingerprint density at radius 3 is 2.59 bits per heavy atom. The highest BCUT2D eigenvalue weighted by atomic mass is 15.6. The van der Waals surface area contributed by atoms with Crippen molar-refractivity contribution in [3.8, 4) is 0 Å². The standard InChI is InChI=1S/C22H31N7/c1-5-22(3,4)29-21(24-25-26-29)20(28-14-12-27(6-2)13-15-28)18-9-10-19-17(16-18)8-7-11-23-19/h7-11,16,20H,5-6,12-15H2,1-4H3/t20-/m0/s1. The molecule has 0 radical (unpaired) electrons. The van der Waals surface area contributed by atoms with E-state index >= 15 is 0 Å². The van der Waals surface area contributed by atoms with Crippen molar-refractivity contribution in [3.05, 3.63) is 47.9 Å². The van der Waals surface area contributed by atoms with Crippen LogP contribution in [0.3, 0.4) is 0 Å². The van der Waals surface area contributed by atoms with Crippen LogP contribution in [-0.4, -0.2) is 67.7 Å². The molecular weight excluding hydrogens is 362 g/mol. The lowest BCUT2D eigenvalue weighted by atomic mass is 9.98. The van der Waals surface area contributed by atoms with Crippen LogP contribution in [0.4, 0.5) is 0 Å². The maximum atomic E-state index is 4.53. The number of likely N-dealkylation sites (N-methyl/N-ethyl adjacent to an activating group) is 1. The number of benzene rings is 1. The predicted molar refractivity (Wildman–Crippen MR) is 115 cm³/mol. The van der Waals surface area contributed by atoms with Crippen LogP contribution < -0.4 is 0 Å². The first-order valence-corrected chi connectivity index (χ1v) is 10.6. The second-order valence-corrected chi connectivity index (χ2v) is 8.44. The van der Waals surface area contributed by atoms with Crippen molar-refractivity contribution in [2.45, 2.75) is 45.7 Å². The molecule has 3 heterocycles. The minimum atomic E-state index is -0.138. The third-order valence-electron chi connectivity index (χ3n) is 6.34. The SMILES string of the molecule is CCN1CCN([C@@H](c2ccc3ncccc3c2)c2nnnn2C(C)(C)CC)CC1. The van der Waals surface area contributed by atoms with Crippen LogP contribution in [0.2, 0.25) is 0 Å². The molecule has 0 amide bonds. The Hall–Kier alpha value is -2.38. The van der Waals surface area contributed by atoms with Crippen molar-refractivity contribution in [2.24, 2.45) is 0 Å². The number of nitrogens with zero attached hydrogens (tertiary/aromatic N) is 7. The molecule has 0 spiro atoms. The maximum Gasteiger partial charge on any atom is 0.173 e. The van der Waals surface area contributed by atoms with Gasteiger partial charge in [-0.15, -0.1) is 5.10 Å². The van der Waals surface area contributed by atoms with E-state index in [2.05, 4.69) is 82.3 Å². The molecule has 1 fully saturated rings. The molecule has 1 aromatic carbocycles. The van der Waals surface area contributed by atoms with Gasteiger partial charge in [-0.3, -0.25) is 9.88 Å². The molecule has 29 heavy (non-hydrogen) atoms. The fourth-order valence-corrected chi connectivity index (χ4v) is 4.07. The highest BCUT2D eigenvalue weighted by Crippen LogP contribution is 2.32. The number of piperazine rings is 1. The Morgan fingerprint density at radius 1 is 1.07 bits per heavy atom. The van der Waals surface area contributed by atoms with Gasteiger partial charge in [-0.25, -0.2) is 4.68 Å². The monoisotopic (exact) mass is 393 g/mol. The van der Waals surface area contributed by atoms with E-state index in [1.807, 2.05) is 16.9 Å². The van der Waals surface area contributed by atoms with Crippen LogP contribution in [0, 0.1) is 0 Å². The van der Waals surface area contributed by atoms with E-state index in [1.54, 1.807) is 0 Å². The van der Waals surface area contributed by atoms with Crippen LogP contribution in [0.5, 0.6) is 0 Å². The van der Waals surface area contributed by atoms with Gasteiger partial charge in [-0.2, -0.15) is 0 Å². The summed E-state index contributed by atoms with van der Waals surface area (Å²) in [6.45, 7) is 14.1. The summed E-state index contributed by atoms with van der Waals surface area (Å²) in [5.41, 5.74) is 2.10. The number of aromatic nitrogens is 5. The number of hydrogen-bond acceptors (Lipinski definition) is 6. The lowest BCUT2D eigenvalue weighted by molar-refractivity contribution is 0.105. The largest absolute Gasteiger partial charge is 0.301 e. The van der Waals surface area contributed by atoms with Gasteiger partial charge in [0.25, 0.3) is 0 Å². The average molecular weight is 394 g/mol. The van der Waals surface area contributed by atoms with E-state index in [4.69, 9.17) is 0 Å². The number of hydrogen-bond donors (Lipinski definition) is 0. The van der Waals surface area contributed by atoms with Crippen LogP contribution in [0.1, 0.15) is 51.5 Å². The molecule has 7 heteroatoms. The van der Waals surface area contributed by atoms with Crippen molar-refractivity contribution in [2.75, 3.05) is 32.7 Å². The third-order valence-corrected chi connectivity index (χ3v) is 6.34. The fourth-order valence-electron chi connectivity index (χ4n) is 4.07. The molecule has 1 atom stereocenters. The van der Waals surface area contributed by atoms with Crippen molar-refractivity contribution in [3.63, 3.8) is 0 Å². The second-order valence-electron chi connectivity index (χ2n) is 8.44. The molecule has 1 aliphatic heterocycles. The molecular formula is C22H31N7. The van der Waals surface area contributed by atoms with Gasteiger partial charge in [0.2, 0.25) is 0 Å². The Bertz CT molecular complexity index is 956. The molecule has 7 nitrogen and oxygen atoms in total. The van der Waals surface area contributed by atoms with Crippen LogP contribution in [0.15, 0.2) is 36.5 Å². The quantitative estimate of drug-likeness (QED) is 0.641. The first-order chi connectivity index (χ1) is 14.0. The van der Waals surface area contributed by atoms with Gasteiger partial charge < -0.3 is 4.90 Å². The van der Waals surface area contributed by atoms with E-state index in [9.17, 15) is 0 Å². The highest BCUT2D eigenvalue weighted by Gasteiger charge is 2.34. The number of rotatable bonds is 6. The van der Waals surface area contributed by atoms with Gasteiger partial charge in [0.05, 0.1) is 17.1 Å². The summed E-state index contributed by atoms with van der Waals surface area (Å²) in [5, 5.41) is 14.2. The van der Waals surface area contributed by atoms with Crippen LogP contribution >= 0.6 is 0 Å². The summed E-state index contributed by atoms with van der Waals surface area (Å²) < 4.78 is 2.03. The minimum absolute atomic E-state index is 0.0273. The normalized spacial score (nSPS) is 17.7. The highest BCUT2D eigenvalue weighted by molar-refractivity contribution is 5.79. The van der Waals surface area contributed by atoms with Gasteiger partial charge >= 0.3 is 0 Å². The molecule has 0 N–H and O–H groups in total. The number of tetrazole rings is 1. The van der Waals surface area contributed by atoms with Gasteiger partial charge in [0.15, 0.2) is 5.82 Å². The van der Waals surface area contributed by atoms with E-state index in [-0.39, 0.29) is 11.6 Å². The zero-order valence-electron chi connectivity index (χ0n) is 17.9. The summed E-state index contributed by atoms with van der Waals surface area (Å²) in [6, 6.07) is 10.7. The molecule has 1 aliphatic rings. The van der Waals surface area contributed by atoms with Crippen molar-refractivity contribution >= 4 is 10.9 Å². The third kappa shape index (κ3) is 3.89. The van der Waals surface area contributed by atoms with Crippen LogP contribution in [-0.2, 0) is 5.54 Å². The Labute approximate surface area is 172 Å². The summed E-state index contributed by atoms with van der Waals surface area (Å²) in [4.78, 5) is 9.50. The van der Waals surface area contributed by atoms with E-state index in [0.29, 0.717) is 0 Å². The molecule has 2 aromatic heterocycles. The number of pyridine rings is 1. The summed E-state index contributed by atoms with van der Waals surface area (Å²) >= 11 is 0. The average Bonchev–Trinajstić information content (AvgIpc) is 3.25. The Kier molecular flexibility index (Phi) is 5.61. The first-order valence-electron chi connectivity index (χ1n) is 10.6. The zero-order valence-corrected chi connectivity index (χ0v) is 17.9. The van der Waals surface area contributed by atoms with Gasteiger partial charge in [0, 0.05) is 37.8 Å². The molecule has 0 unspecified atom stereocenters. The van der Waals surface area contributed by atoms with E-state index < -0.39 is 0 Å². The molecule has 0 aliphatic carbocycles. The van der Waals surface area contributed by atoms with Gasteiger partial charge in [-0.05, 0) is 61.0 Å². The van der Waals surface area contributed by atoms with Gasteiger partial charge in [-0.1, -0.05) is 26.0 Å². The number of fused-ring (bicyclic) bond motifs is 1. The van der Waals surface area contributed by atoms with E-state index in [0.717, 1.165) is 55.9 Å². The zero-order chi connectivity index (χ0) is 20.4. The molecule has 0 bridgehead atoms. The predicted octanol–water partition coefficient (Wildman–Crippen LogP) is 3.09. The topological polar surface area (TPSA) is 63.0 Å². The van der Waals surface area contributed by atoms with Gasteiger partial charge in [0.1, 0.15) is 0 Å². The Morgan fingerprint density at radius 2 is 1.86 bits per heavy atom. The second kappa shape index (κ2) is 8.16. The summed E-state index contributed by atoms with van der Waals surface area (Å²) in [5.74, 6) is 0.921. The maximum absolute atomic E-state index is 4.53. The smallest absolute Gasteiger partial charge is 0.173 e. The Balaban J connectivity index is 1.79. The van der Waals surface area contributed by atoms with E-state index in [1.165, 1.54) is 5.56 Å². The van der Waals surface area contributed by atoms with Crippen molar-refractivity contribution < 1.29 is 0 Å². The van der Waals surface area contributed by atoms with Crippen LogP contribution in [0.25, 0.3) is 10.9 Å². The molecule has 154 valence electrons. The molecule has 0 saturated carbocycles. The lowest BCUT2D eigenvalue weighted by Crippen LogP contribution is -2.48. The van der Waals surface area contributed by atoms with Crippen molar-refractivity contribution in [1.82, 2.24) is 35.0 Å². The minimum Gasteiger partial charge on any atom is -0.301 e. The summed E-state index contributed by atoms with van der Waals surface area (Å²) in [7, 11) is 0. The van der Waals surface area contributed by atoms with Crippen molar-refractivity contribution in [1.29, 1.82) is 0 Å². The summed E-state index contributed by atoms with van der Waals surface area (Å²) in [6.07, 6.45) is 2.80. The first kappa shape index (κ1) is 19.9. The lowest BCUT2D eigenvalue weighted by Gasteiger charge is -2.39.